The minimum absolute atomic E-state index is 0.0976. The standard InChI is InChI=1S/C15H32O4Si/c1-5-8-10-18-20(4,19-11-9-6-2)15(7-3)17-13-14-12-16-14/h14-15H,5-13H2,1-4H3. The van der Waals surface area contributed by atoms with E-state index in [1.165, 1.54) is 0 Å². The fourth-order valence-corrected chi connectivity index (χ4v) is 4.79. The van der Waals surface area contributed by atoms with Crippen LogP contribution < -0.4 is 0 Å². The van der Waals surface area contributed by atoms with E-state index in [-0.39, 0.29) is 5.73 Å². The third kappa shape index (κ3) is 6.67. The van der Waals surface area contributed by atoms with Gasteiger partial charge in [0.1, 0.15) is 11.8 Å². The zero-order valence-corrected chi connectivity index (χ0v) is 14.7. The van der Waals surface area contributed by atoms with Gasteiger partial charge in [0.05, 0.1) is 13.2 Å². The van der Waals surface area contributed by atoms with Crippen molar-refractivity contribution in [1.82, 2.24) is 0 Å². The van der Waals surface area contributed by atoms with Gasteiger partial charge in [-0.15, -0.1) is 0 Å². The Morgan fingerprint density at radius 3 is 2.05 bits per heavy atom. The molecule has 2 atom stereocenters. The quantitative estimate of drug-likeness (QED) is 0.297. The van der Waals surface area contributed by atoms with Crippen molar-refractivity contribution in [2.45, 2.75) is 71.3 Å². The summed E-state index contributed by atoms with van der Waals surface area (Å²) in [5.41, 5.74) is 0.0976. The van der Waals surface area contributed by atoms with Gasteiger partial charge in [-0.1, -0.05) is 33.6 Å². The van der Waals surface area contributed by atoms with Gasteiger partial charge in [0.2, 0.25) is 0 Å². The molecule has 1 fully saturated rings. The average Bonchev–Trinajstić information content (AvgIpc) is 3.24. The van der Waals surface area contributed by atoms with Crippen LogP contribution in [0.1, 0.15) is 52.9 Å². The summed E-state index contributed by atoms with van der Waals surface area (Å²) in [7, 11) is -2.27. The second-order valence-electron chi connectivity index (χ2n) is 5.61. The molecule has 1 rings (SSSR count). The van der Waals surface area contributed by atoms with E-state index in [0.29, 0.717) is 12.7 Å². The second-order valence-corrected chi connectivity index (χ2v) is 8.86. The van der Waals surface area contributed by atoms with Gasteiger partial charge < -0.3 is 18.3 Å². The summed E-state index contributed by atoms with van der Waals surface area (Å²) in [5, 5.41) is 0. The maximum absolute atomic E-state index is 6.17. The number of unbranched alkanes of at least 4 members (excludes halogenated alkanes) is 2. The van der Waals surface area contributed by atoms with Crippen LogP contribution in [0.5, 0.6) is 0 Å². The molecule has 1 aliphatic heterocycles. The summed E-state index contributed by atoms with van der Waals surface area (Å²) >= 11 is 0. The summed E-state index contributed by atoms with van der Waals surface area (Å²) < 4.78 is 23.6. The van der Waals surface area contributed by atoms with E-state index < -0.39 is 8.56 Å². The van der Waals surface area contributed by atoms with Crippen molar-refractivity contribution in [1.29, 1.82) is 0 Å². The Kier molecular flexibility index (Phi) is 8.96. The van der Waals surface area contributed by atoms with Gasteiger partial charge in [0, 0.05) is 13.2 Å². The molecular weight excluding hydrogens is 272 g/mol. The van der Waals surface area contributed by atoms with Gasteiger partial charge in [0.25, 0.3) is 0 Å². The zero-order chi connectivity index (χ0) is 14.8. The first-order valence-electron chi connectivity index (χ1n) is 8.17. The lowest BCUT2D eigenvalue weighted by Gasteiger charge is -2.34. The largest absolute Gasteiger partial charge is 0.393 e. The molecular formula is C15H32O4Si. The van der Waals surface area contributed by atoms with E-state index >= 15 is 0 Å². The van der Waals surface area contributed by atoms with Crippen molar-refractivity contribution in [2.75, 3.05) is 26.4 Å². The Morgan fingerprint density at radius 2 is 1.65 bits per heavy atom. The fourth-order valence-electron chi connectivity index (χ4n) is 2.09. The van der Waals surface area contributed by atoms with Crippen LogP contribution in [0, 0.1) is 0 Å². The van der Waals surface area contributed by atoms with E-state index in [0.717, 1.165) is 51.9 Å². The van der Waals surface area contributed by atoms with Crippen LogP contribution in [0.15, 0.2) is 0 Å². The molecule has 0 aliphatic carbocycles. The first kappa shape index (κ1) is 18.1. The molecule has 0 aromatic heterocycles. The van der Waals surface area contributed by atoms with Crippen molar-refractivity contribution in [3.8, 4) is 0 Å². The minimum atomic E-state index is -2.27. The predicted molar refractivity (Wildman–Crippen MR) is 83.1 cm³/mol. The normalized spacial score (nSPS) is 20.1. The molecule has 120 valence electrons. The van der Waals surface area contributed by atoms with Crippen LogP contribution >= 0.6 is 0 Å². The first-order chi connectivity index (χ1) is 9.66. The molecule has 2 unspecified atom stereocenters. The van der Waals surface area contributed by atoms with E-state index in [2.05, 4.69) is 27.3 Å². The SMILES string of the molecule is CCCCO[Si](C)(OCCCC)C(CC)OCC1CO1. The Hall–Kier alpha value is 0.0569. The molecule has 0 radical (unpaired) electrons. The summed E-state index contributed by atoms with van der Waals surface area (Å²) in [6.45, 7) is 11.7. The number of hydrogen-bond acceptors (Lipinski definition) is 4. The number of hydrogen-bond donors (Lipinski definition) is 0. The lowest BCUT2D eigenvalue weighted by molar-refractivity contribution is 0.0355. The zero-order valence-electron chi connectivity index (χ0n) is 13.7. The molecule has 0 bridgehead atoms. The van der Waals surface area contributed by atoms with E-state index in [9.17, 15) is 0 Å². The molecule has 5 heteroatoms. The molecule has 0 amide bonds. The van der Waals surface area contributed by atoms with Gasteiger partial charge in [-0.25, -0.2) is 0 Å². The van der Waals surface area contributed by atoms with Crippen molar-refractivity contribution >= 4 is 8.56 Å². The molecule has 0 aromatic rings. The summed E-state index contributed by atoms with van der Waals surface area (Å²) in [4.78, 5) is 0. The van der Waals surface area contributed by atoms with Crippen LogP contribution in [-0.2, 0) is 18.3 Å². The fraction of sp³-hybridized carbons (Fsp3) is 1.00. The first-order valence-corrected chi connectivity index (χ1v) is 10.6. The molecule has 0 aromatic carbocycles. The number of ether oxygens (including phenoxy) is 2. The van der Waals surface area contributed by atoms with Gasteiger partial charge in [0.15, 0.2) is 0 Å². The lowest BCUT2D eigenvalue weighted by Crippen LogP contribution is -2.52. The van der Waals surface area contributed by atoms with Crippen molar-refractivity contribution < 1.29 is 18.3 Å². The van der Waals surface area contributed by atoms with Gasteiger partial charge >= 0.3 is 8.56 Å². The van der Waals surface area contributed by atoms with E-state index in [4.69, 9.17) is 18.3 Å². The summed E-state index contributed by atoms with van der Waals surface area (Å²) in [6.07, 6.45) is 5.70. The summed E-state index contributed by atoms with van der Waals surface area (Å²) in [5.74, 6) is 0. The lowest BCUT2D eigenvalue weighted by atomic mass is 10.4. The molecule has 1 aliphatic rings. The monoisotopic (exact) mass is 304 g/mol. The Morgan fingerprint density at radius 1 is 1.10 bits per heavy atom. The third-order valence-corrected chi connectivity index (χ3v) is 6.91. The van der Waals surface area contributed by atoms with Crippen molar-refractivity contribution in [3.63, 3.8) is 0 Å². The molecule has 1 heterocycles. The highest BCUT2D eigenvalue weighted by atomic mass is 28.4. The highest BCUT2D eigenvalue weighted by molar-refractivity contribution is 6.67. The van der Waals surface area contributed by atoms with Crippen LogP contribution in [0.3, 0.4) is 0 Å². The predicted octanol–water partition coefficient (Wildman–Crippen LogP) is 3.43. The molecule has 4 nitrogen and oxygen atoms in total. The van der Waals surface area contributed by atoms with Crippen molar-refractivity contribution in [3.05, 3.63) is 0 Å². The second kappa shape index (κ2) is 9.90. The third-order valence-electron chi connectivity index (χ3n) is 3.61. The minimum Gasteiger partial charge on any atom is -0.393 e. The highest BCUT2D eigenvalue weighted by Gasteiger charge is 2.42. The molecule has 0 spiro atoms. The van der Waals surface area contributed by atoms with Crippen molar-refractivity contribution in [2.24, 2.45) is 0 Å². The number of rotatable bonds is 13. The molecule has 0 N–H and O–H groups in total. The topological polar surface area (TPSA) is 40.2 Å². The summed E-state index contributed by atoms with van der Waals surface area (Å²) in [6, 6.07) is 0. The van der Waals surface area contributed by atoms with E-state index in [1.54, 1.807) is 0 Å². The van der Waals surface area contributed by atoms with Gasteiger partial charge in [-0.3, -0.25) is 0 Å². The maximum atomic E-state index is 6.17. The molecule has 0 saturated carbocycles. The van der Waals surface area contributed by atoms with Crippen LogP contribution in [-0.4, -0.2) is 46.8 Å². The van der Waals surface area contributed by atoms with Crippen LogP contribution in [0.2, 0.25) is 6.55 Å². The van der Waals surface area contributed by atoms with Gasteiger partial charge in [-0.05, 0) is 25.8 Å². The molecule has 20 heavy (non-hydrogen) atoms. The van der Waals surface area contributed by atoms with E-state index in [1.807, 2.05) is 0 Å². The molecule has 1 saturated heterocycles. The highest BCUT2D eigenvalue weighted by Crippen LogP contribution is 2.22. The Bertz CT molecular complexity index is 236. The number of epoxide rings is 1. The maximum Gasteiger partial charge on any atom is 0.364 e. The van der Waals surface area contributed by atoms with Crippen LogP contribution in [0.25, 0.3) is 0 Å². The van der Waals surface area contributed by atoms with Crippen LogP contribution in [0.4, 0.5) is 0 Å². The van der Waals surface area contributed by atoms with Gasteiger partial charge in [-0.2, -0.15) is 0 Å². The smallest absolute Gasteiger partial charge is 0.364 e. The Balaban J connectivity index is 2.49. The average molecular weight is 305 g/mol. The Labute approximate surface area is 125 Å².